The van der Waals surface area contributed by atoms with E-state index in [-0.39, 0.29) is 5.92 Å². The van der Waals surface area contributed by atoms with Crippen LogP contribution in [0, 0.1) is 12.8 Å². The third-order valence-electron chi connectivity index (χ3n) is 2.37. The smallest absolute Gasteiger partial charge is 0.135 e. The third-order valence-corrected chi connectivity index (χ3v) is 2.37. The molecule has 3 nitrogen and oxygen atoms in total. The Labute approximate surface area is 85.1 Å². The first-order valence-electron chi connectivity index (χ1n) is 5.03. The molecule has 0 aliphatic rings. The van der Waals surface area contributed by atoms with Crippen molar-refractivity contribution in [2.24, 2.45) is 13.0 Å². The number of hydrogen-bond donors (Lipinski definition) is 0. The van der Waals surface area contributed by atoms with Crippen molar-refractivity contribution in [3.8, 4) is 0 Å². The van der Waals surface area contributed by atoms with Gasteiger partial charge in [0, 0.05) is 25.1 Å². The summed E-state index contributed by atoms with van der Waals surface area (Å²) in [7, 11) is 1.92. The van der Waals surface area contributed by atoms with Crippen LogP contribution in [0.1, 0.15) is 31.7 Å². The Morgan fingerprint density at radius 1 is 1.57 bits per heavy atom. The minimum Gasteiger partial charge on any atom is -0.299 e. The Bertz CT molecular complexity index is 326. The average molecular weight is 194 g/mol. The Balaban J connectivity index is 2.54. The second-order valence-electron chi connectivity index (χ2n) is 4.02. The zero-order valence-corrected chi connectivity index (χ0v) is 9.37. The molecule has 0 aliphatic carbocycles. The second-order valence-corrected chi connectivity index (χ2v) is 4.02. The first kappa shape index (κ1) is 11.0. The fraction of sp³-hybridized carbons (Fsp3) is 0.636. The molecule has 0 fully saturated rings. The largest absolute Gasteiger partial charge is 0.299 e. The molecule has 0 atom stereocenters. The summed E-state index contributed by atoms with van der Waals surface area (Å²) in [5.74, 6) is 0.466. The molecule has 1 aromatic rings. The summed E-state index contributed by atoms with van der Waals surface area (Å²) in [4.78, 5) is 11.4. The van der Waals surface area contributed by atoms with E-state index < -0.39 is 0 Å². The van der Waals surface area contributed by atoms with Gasteiger partial charge in [-0.1, -0.05) is 13.8 Å². The van der Waals surface area contributed by atoms with E-state index in [9.17, 15) is 4.79 Å². The van der Waals surface area contributed by atoms with Gasteiger partial charge in [0.15, 0.2) is 0 Å². The normalized spacial score (nSPS) is 10.9. The van der Waals surface area contributed by atoms with Gasteiger partial charge in [0.05, 0.1) is 5.69 Å². The van der Waals surface area contributed by atoms with Crippen molar-refractivity contribution in [3.63, 3.8) is 0 Å². The summed E-state index contributed by atoms with van der Waals surface area (Å²) in [6.45, 7) is 5.85. The van der Waals surface area contributed by atoms with Gasteiger partial charge in [0.1, 0.15) is 5.78 Å². The van der Waals surface area contributed by atoms with E-state index in [1.165, 1.54) is 0 Å². The molecule has 0 N–H and O–H groups in total. The van der Waals surface area contributed by atoms with Crippen molar-refractivity contribution in [1.29, 1.82) is 0 Å². The molecular formula is C11H18N2O. The molecule has 1 aromatic heterocycles. The lowest BCUT2D eigenvalue weighted by Gasteiger charge is -2.03. The Hall–Kier alpha value is -1.12. The Morgan fingerprint density at radius 3 is 2.64 bits per heavy atom. The number of hydrogen-bond acceptors (Lipinski definition) is 2. The van der Waals surface area contributed by atoms with E-state index in [0.29, 0.717) is 12.2 Å². The number of Topliss-reactive ketones (excluding diaryl/α,β-unsaturated/α-hetero) is 1. The summed E-state index contributed by atoms with van der Waals surface area (Å²) < 4.78 is 1.85. The molecule has 0 aliphatic heterocycles. The molecule has 0 radical (unpaired) electrons. The summed E-state index contributed by atoms with van der Waals surface area (Å²) >= 11 is 0. The number of carbonyl (C=O) groups is 1. The zero-order chi connectivity index (χ0) is 10.7. The highest BCUT2D eigenvalue weighted by Gasteiger charge is 2.09. The van der Waals surface area contributed by atoms with Crippen LogP contribution in [-0.4, -0.2) is 15.6 Å². The van der Waals surface area contributed by atoms with Gasteiger partial charge >= 0.3 is 0 Å². The molecule has 78 valence electrons. The van der Waals surface area contributed by atoms with Crippen molar-refractivity contribution in [1.82, 2.24) is 9.78 Å². The van der Waals surface area contributed by atoms with Crippen molar-refractivity contribution < 1.29 is 4.79 Å². The highest BCUT2D eigenvalue weighted by Crippen LogP contribution is 2.07. The van der Waals surface area contributed by atoms with Crippen LogP contribution in [0.5, 0.6) is 0 Å². The molecule has 3 heteroatoms. The van der Waals surface area contributed by atoms with Gasteiger partial charge < -0.3 is 0 Å². The van der Waals surface area contributed by atoms with Crippen molar-refractivity contribution >= 4 is 5.78 Å². The Kier molecular flexibility index (Phi) is 3.44. The maximum absolute atomic E-state index is 11.4. The van der Waals surface area contributed by atoms with Crippen molar-refractivity contribution in [3.05, 3.63) is 17.5 Å². The van der Waals surface area contributed by atoms with E-state index in [2.05, 4.69) is 5.10 Å². The van der Waals surface area contributed by atoms with E-state index in [0.717, 1.165) is 17.8 Å². The molecule has 0 saturated heterocycles. The van der Waals surface area contributed by atoms with E-state index in [4.69, 9.17) is 0 Å². The minimum absolute atomic E-state index is 0.143. The lowest BCUT2D eigenvalue weighted by atomic mass is 10.0. The topological polar surface area (TPSA) is 34.9 Å². The molecule has 14 heavy (non-hydrogen) atoms. The maximum atomic E-state index is 11.4. The summed E-state index contributed by atoms with van der Waals surface area (Å²) in [6, 6.07) is 2.04. The number of aromatic nitrogens is 2. The summed E-state index contributed by atoms with van der Waals surface area (Å²) in [6.07, 6.45) is 1.42. The lowest BCUT2D eigenvalue weighted by Crippen LogP contribution is -2.09. The predicted molar refractivity (Wildman–Crippen MR) is 56.1 cm³/mol. The van der Waals surface area contributed by atoms with Crippen LogP contribution in [-0.2, 0) is 18.3 Å². The van der Waals surface area contributed by atoms with E-state index >= 15 is 0 Å². The van der Waals surface area contributed by atoms with Crippen LogP contribution in [0.4, 0.5) is 0 Å². The highest BCUT2D eigenvalue weighted by atomic mass is 16.1. The predicted octanol–water partition coefficient (Wildman–Crippen LogP) is 1.89. The SMILES string of the molecule is Cc1cc(CCC(=O)C(C)C)n(C)n1. The standard InChI is InChI=1S/C11H18N2O/c1-8(2)11(14)6-5-10-7-9(3)12-13(10)4/h7-8H,5-6H2,1-4H3. The van der Waals surface area contributed by atoms with Gasteiger partial charge in [-0.2, -0.15) is 5.10 Å². The monoisotopic (exact) mass is 194 g/mol. The summed E-state index contributed by atoms with van der Waals surface area (Å²) in [5.41, 5.74) is 2.15. The lowest BCUT2D eigenvalue weighted by molar-refractivity contribution is -0.121. The number of carbonyl (C=O) groups excluding carboxylic acids is 1. The molecule has 0 amide bonds. The van der Waals surface area contributed by atoms with Crippen LogP contribution < -0.4 is 0 Å². The quantitative estimate of drug-likeness (QED) is 0.733. The molecule has 0 spiro atoms. The molecule has 0 saturated carbocycles. The number of rotatable bonds is 4. The van der Waals surface area contributed by atoms with Crippen LogP contribution in [0.25, 0.3) is 0 Å². The fourth-order valence-corrected chi connectivity index (χ4v) is 1.44. The third kappa shape index (κ3) is 2.69. The van der Waals surface area contributed by atoms with Crippen molar-refractivity contribution in [2.45, 2.75) is 33.6 Å². The highest BCUT2D eigenvalue weighted by molar-refractivity contribution is 5.80. The summed E-state index contributed by atoms with van der Waals surface area (Å²) in [5, 5.41) is 4.24. The molecule has 0 aromatic carbocycles. The molecule has 1 rings (SSSR count). The molecule has 1 heterocycles. The maximum Gasteiger partial charge on any atom is 0.135 e. The average Bonchev–Trinajstić information content (AvgIpc) is 2.40. The first-order valence-corrected chi connectivity index (χ1v) is 5.03. The van der Waals surface area contributed by atoms with Crippen LogP contribution >= 0.6 is 0 Å². The van der Waals surface area contributed by atoms with E-state index in [1.807, 2.05) is 38.6 Å². The Morgan fingerprint density at radius 2 is 2.21 bits per heavy atom. The molecular weight excluding hydrogens is 176 g/mol. The number of ketones is 1. The van der Waals surface area contributed by atoms with Gasteiger partial charge in [0.25, 0.3) is 0 Å². The molecule has 0 unspecified atom stereocenters. The first-order chi connectivity index (χ1) is 6.50. The van der Waals surface area contributed by atoms with Crippen molar-refractivity contribution in [2.75, 3.05) is 0 Å². The van der Waals surface area contributed by atoms with Gasteiger partial charge in [-0.25, -0.2) is 0 Å². The second kappa shape index (κ2) is 4.40. The van der Waals surface area contributed by atoms with Gasteiger partial charge in [0.2, 0.25) is 0 Å². The molecule has 0 bridgehead atoms. The van der Waals surface area contributed by atoms with E-state index in [1.54, 1.807) is 0 Å². The van der Waals surface area contributed by atoms with Crippen LogP contribution in [0.15, 0.2) is 6.07 Å². The van der Waals surface area contributed by atoms with Gasteiger partial charge in [-0.05, 0) is 19.4 Å². The number of aryl methyl sites for hydroxylation is 3. The zero-order valence-electron chi connectivity index (χ0n) is 9.37. The minimum atomic E-state index is 0.143. The van der Waals surface area contributed by atoms with Crippen LogP contribution in [0.2, 0.25) is 0 Å². The fourth-order valence-electron chi connectivity index (χ4n) is 1.44. The number of nitrogens with zero attached hydrogens (tertiary/aromatic N) is 2. The van der Waals surface area contributed by atoms with Gasteiger partial charge in [-0.3, -0.25) is 9.48 Å². The van der Waals surface area contributed by atoms with Crippen LogP contribution in [0.3, 0.4) is 0 Å². The van der Waals surface area contributed by atoms with Gasteiger partial charge in [-0.15, -0.1) is 0 Å².